The molecule has 0 spiro atoms. The lowest BCUT2D eigenvalue weighted by atomic mass is 10.2. The molecule has 1 N–H and O–H groups in total. The molecule has 1 aliphatic heterocycles. The van der Waals surface area contributed by atoms with Crippen molar-refractivity contribution >= 4 is 40.3 Å². The normalized spacial score (nSPS) is 13.9. The molecule has 1 fully saturated rings. The van der Waals surface area contributed by atoms with Gasteiger partial charge in [-0.3, -0.25) is 14.4 Å². The summed E-state index contributed by atoms with van der Waals surface area (Å²) in [6, 6.07) is 12.5. The second-order valence-corrected chi connectivity index (χ2v) is 7.50. The zero-order chi connectivity index (χ0) is 20.1. The van der Waals surface area contributed by atoms with Crippen molar-refractivity contribution in [3.8, 4) is 0 Å². The van der Waals surface area contributed by atoms with Gasteiger partial charge in [-0.1, -0.05) is 12.1 Å². The van der Waals surface area contributed by atoms with Crippen LogP contribution < -0.4 is 5.32 Å². The molecule has 8 heteroatoms. The van der Waals surface area contributed by atoms with Crippen LogP contribution in [0.4, 0.5) is 4.39 Å². The van der Waals surface area contributed by atoms with Crippen LogP contribution in [0.25, 0.3) is 0 Å². The maximum atomic E-state index is 12.9. The Kier molecular flexibility index (Phi) is 6.61. The van der Waals surface area contributed by atoms with Crippen molar-refractivity contribution < 1.29 is 18.8 Å². The third-order valence-electron chi connectivity index (χ3n) is 4.53. The third kappa shape index (κ3) is 4.86. The molecule has 0 radical (unpaired) electrons. The largest absolute Gasteiger partial charge is 0.343 e. The number of piperazine rings is 1. The summed E-state index contributed by atoms with van der Waals surface area (Å²) >= 11 is 2.14. The van der Waals surface area contributed by atoms with Crippen molar-refractivity contribution in [3.63, 3.8) is 0 Å². The van der Waals surface area contributed by atoms with Gasteiger partial charge < -0.3 is 15.1 Å². The Morgan fingerprint density at radius 3 is 2.18 bits per heavy atom. The standard InChI is InChI=1S/C20H19FIN3O3/c21-15-7-5-14(6-8-15)19(27)23-13-18(26)24-9-11-25(12-10-24)20(28)16-3-1-2-4-17(16)22/h1-8H,9-13H2,(H,23,27). The van der Waals surface area contributed by atoms with Gasteiger partial charge >= 0.3 is 0 Å². The molecule has 2 aromatic rings. The highest BCUT2D eigenvalue weighted by atomic mass is 127. The number of hydrogen-bond donors (Lipinski definition) is 1. The fourth-order valence-electron chi connectivity index (χ4n) is 2.93. The van der Waals surface area contributed by atoms with Gasteiger partial charge in [-0.2, -0.15) is 0 Å². The van der Waals surface area contributed by atoms with Crippen LogP contribution in [-0.4, -0.2) is 60.2 Å². The Morgan fingerprint density at radius 2 is 1.54 bits per heavy atom. The van der Waals surface area contributed by atoms with E-state index in [-0.39, 0.29) is 18.4 Å². The highest BCUT2D eigenvalue weighted by molar-refractivity contribution is 14.1. The Balaban J connectivity index is 1.48. The van der Waals surface area contributed by atoms with E-state index in [1.54, 1.807) is 15.9 Å². The number of nitrogens with zero attached hydrogens (tertiary/aromatic N) is 2. The monoisotopic (exact) mass is 495 g/mol. The Labute approximate surface area is 175 Å². The number of nitrogens with one attached hydrogen (secondary N) is 1. The molecule has 146 valence electrons. The van der Waals surface area contributed by atoms with E-state index in [9.17, 15) is 18.8 Å². The van der Waals surface area contributed by atoms with Crippen LogP contribution in [-0.2, 0) is 4.79 Å². The lowest BCUT2D eigenvalue weighted by molar-refractivity contribution is -0.131. The van der Waals surface area contributed by atoms with Crippen molar-refractivity contribution in [1.82, 2.24) is 15.1 Å². The average molecular weight is 495 g/mol. The van der Waals surface area contributed by atoms with Gasteiger partial charge in [0.05, 0.1) is 12.1 Å². The summed E-state index contributed by atoms with van der Waals surface area (Å²) in [7, 11) is 0. The summed E-state index contributed by atoms with van der Waals surface area (Å²) in [4.78, 5) is 40.3. The minimum absolute atomic E-state index is 0.0401. The molecule has 0 unspecified atom stereocenters. The molecule has 1 heterocycles. The van der Waals surface area contributed by atoms with Crippen LogP contribution >= 0.6 is 22.6 Å². The first-order valence-electron chi connectivity index (χ1n) is 8.81. The number of carbonyl (C=O) groups excluding carboxylic acids is 3. The number of benzene rings is 2. The van der Waals surface area contributed by atoms with Gasteiger partial charge in [-0.05, 0) is 59.0 Å². The minimum atomic E-state index is -0.430. The zero-order valence-electron chi connectivity index (χ0n) is 15.0. The van der Waals surface area contributed by atoms with E-state index in [1.807, 2.05) is 18.2 Å². The zero-order valence-corrected chi connectivity index (χ0v) is 17.2. The number of amides is 3. The van der Waals surface area contributed by atoms with E-state index in [2.05, 4.69) is 27.9 Å². The average Bonchev–Trinajstić information content (AvgIpc) is 2.72. The van der Waals surface area contributed by atoms with Crippen LogP contribution in [0.15, 0.2) is 48.5 Å². The number of hydrogen-bond acceptors (Lipinski definition) is 3. The summed E-state index contributed by atoms with van der Waals surface area (Å²) in [6.07, 6.45) is 0. The summed E-state index contributed by atoms with van der Waals surface area (Å²) in [6.45, 7) is 1.59. The molecular formula is C20H19FIN3O3. The van der Waals surface area contributed by atoms with Crippen molar-refractivity contribution in [2.75, 3.05) is 32.7 Å². The quantitative estimate of drug-likeness (QED) is 0.662. The van der Waals surface area contributed by atoms with E-state index in [4.69, 9.17) is 0 Å². The predicted molar refractivity (Wildman–Crippen MR) is 110 cm³/mol. The van der Waals surface area contributed by atoms with Gasteiger partial charge in [0, 0.05) is 35.3 Å². The summed E-state index contributed by atoms with van der Waals surface area (Å²) < 4.78 is 13.8. The topological polar surface area (TPSA) is 69.7 Å². The molecule has 0 atom stereocenters. The van der Waals surface area contributed by atoms with E-state index < -0.39 is 11.7 Å². The van der Waals surface area contributed by atoms with Gasteiger partial charge in [0.25, 0.3) is 11.8 Å². The molecule has 0 saturated carbocycles. The fraction of sp³-hybridized carbons (Fsp3) is 0.250. The van der Waals surface area contributed by atoms with E-state index in [1.165, 1.54) is 24.3 Å². The van der Waals surface area contributed by atoms with E-state index >= 15 is 0 Å². The molecule has 0 aliphatic carbocycles. The van der Waals surface area contributed by atoms with E-state index in [0.29, 0.717) is 37.3 Å². The molecule has 3 rings (SSSR count). The molecule has 2 aromatic carbocycles. The van der Waals surface area contributed by atoms with Gasteiger partial charge in [0.2, 0.25) is 5.91 Å². The first kappa shape index (κ1) is 20.2. The lowest BCUT2D eigenvalue weighted by Crippen LogP contribution is -2.52. The number of halogens is 2. The number of carbonyl (C=O) groups is 3. The third-order valence-corrected chi connectivity index (χ3v) is 5.47. The molecule has 0 aromatic heterocycles. The second-order valence-electron chi connectivity index (χ2n) is 6.34. The first-order chi connectivity index (χ1) is 13.5. The van der Waals surface area contributed by atoms with Crippen LogP contribution in [0.1, 0.15) is 20.7 Å². The first-order valence-corrected chi connectivity index (χ1v) is 9.89. The Hall–Kier alpha value is -2.49. The SMILES string of the molecule is O=C(NCC(=O)N1CCN(C(=O)c2ccccc2I)CC1)c1ccc(F)cc1. The molecule has 1 aliphatic rings. The van der Waals surface area contributed by atoms with Crippen molar-refractivity contribution in [3.05, 3.63) is 69.0 Å². The highest BCUT2D eigenvalue weighted by Gasteiger charge is 2.25. The second kappa shape index (κ2) is 9.13. The van der Waals surface area contributed by atoms with Crippen LogP contribution in [0.3, 0.4) is 0 Å². The predicted octanol–water partition coefficient (Wildman–Crippen LogP) is 2.14. The molecule has 6 nitrogen and oxygen atoms in total. The van der Waals surface area contributed by atoms with Crippen LogP contribution in [0.2, 0.25) is 0 Å². The molecule has 1 saturated heterocycles. The molecular weight excluding hydrogens is 476 g/mol. The minimum Gasteiger partial charge on any atom is -0.343 e. The molecule has 0 bridgehead atoms. The van der Waals surface area contributed by atoms with Gasteiger partial charge in [-0.15, -0.1) is 0 Å². The van der Waals surface area contributed by atoms with Crippen LogP contribution in [0, 0.1) is 9.39 Å². The maximum Gasteiger partial charge on any atom is 0.255 e. The van der Waals surface area contributed by atoms with Gasteiger partial charge in [0.15, 0.2) is 0 Å². The number of rotatable bonds is 4. The highest BCUT2D eigenvalue weighted by Crippen LogP contribution is 2.15. The van der Waals surface area contributed by atoms with Crippen molar-refractivity contribution in [1.29, 1.82) is 0 Å². The Bertz CT molecular complexity index is 881. The fourth-order valence-corrected chi connectivity index (χ4v) is 3.55. The van der Waals surface area contributed by atoms with Gasteiger partial charge in [0.1, 0.15) is 5.82 Å². The maximum absolute atomic E-state index is 12.9. The Morgan fingerprint density at radius 1 is 0.929 bits per heavy atom. The van der Waals surface area contributed by atoms with Crippen LogP contribution in [0.5, 0.6) is 0 Å². The summed E-state index contributed by atoms with van der Waals surface area (Å²) in [5.74, 6) is -1.11. The van der Waals surface area contributed by atoms with E-state index in [0.717, 1.165) is 3.57 Å². The molecule has 28 heavy (non-hydrogen) atoms. The molecule has 3 amide bonds. The van der Waals surface area contributed by atoms with Gasteiger partial charge in [-0.25, -0.2) is 4.39 Å². The summed E-state index contributed by atoms with van der Waals surface area (Å²) in [5, 5.41) is 2.55. The van der Waals surface area contributed by atoms with Crippen molar-refractivity contribution in [2.45, 2.75) is 0 Å². The smallest absolute Gasteiger partial charge is 0.255 e. The summed E-state index contributed by atoms with van der Waals surface area (Å²) in [5.41, 5.74) is 0.955. The lowest BCUT2D eigenvalue weighted by Gasteiger charge is -2.35. The van der Waals surface area contributed by atoms with Crippen molar-refractivity contribution in [2.24, 2.45) is 0 Å².